The van der Waals surface area contributed by atoms with Crippen LogP contribution in [0, 0.1) is 11.3 Å². The van der Waals surface area contributed by atoms with E-state index in [1.807, 2.05) is 61.5 Å². The van der Waals surface area contributed by atoms with Crippen molar-refractivity contribution in [3.05, 3.63) is 150 Å². The molecule has 0 heterocycles. The zero-order chi connectivity index (χ0) is 47.9. The highest BCUT2D eigenvalue weighted by atomic mass is 16.6. The highest BCUT2D eigenvalue weighted by Crippen LogP contribution is 2.14. The molecule has 0 aliphatic heterocycles. The minimum absolute atomic E-state index is 0.00477. The van der Waals surface area contributed by atoms with Crippen LogP contribution in [-0.2, 0) is 57.2 Å². The maximum atomic E-state index is 11.5. The van der Waals surface area contributed by atoms with Crippen molar-refractivity contribution in [1.82, 2.24) is 0 Å². The summed E-state index contributed by atoms with van der Waals surface area (Å²) in [5.41, 5.74) is 5.07. The third-order valence-corrected chi connectivity index (χ3v) is 7.53. The van der Waals surface area contributed by atoms with E-state index >= 15 is 0 Å². The average Bonchev–Trinajstić information content (AvgIpc) is 3.29. The minimum atomic E-state index is -0.536. The average molecular weight is 879 g/mol. The number of esters is 6. The molecule has 0 saturated heterocycles. The largest absolute Gasteiger partial charge is 0.497 e. The molecule has 338 valence electrons. The fourth-order valence-corrected chi connectivity index (χ4v) is 4.10. The van der Waals surface area contributed by atoms with Crippen LogP contribution in [-0.4, -0.2) is 96.7 Å². The van der Waals surface area contributed by atoms with Crippen LogP contribution >= 0.6 is 0 Å². The Balaban J connectivity index is 0.000000480. The number of nitriles is 1. The number of rotatable bonds is 20. The topological polar surface area (TPSA) is 194 Å². The lowest BCUT2D eigenvalue weighted by atomic mass is 10.1. The van der Waals surface area contributed by atoms with Crippen molar-refractivity contribution in [2.24, 2.45) is 0 Å². The van der Waals surface area contributed by atoms with E-state index in [4.69, 9.17) is 38.4 Å². The summed E-state index contributed by atoms with van der Waals surface area (Å²) in [6.07, 6.45) is 8.78. The molecule has 0 fully saturated rings. The van der Waals surface area contributed by atoms with E-state index in [1.54, 1.807) is 75.6 Å². The van der Waals surface area contributed by atoms with E-state index in [2.05, 4.69) is 19.7 Å². The van der Waals surface area contributed by atoms with Crippen LogP contribution in [0.25, 0.3) is 18.2 Å². The number of benzene rings is 3. The Morgan fingerprint density at radius 3 is 1.09 bits per heavy atom. The van der Waals surface area contributed by atoms with Gasteiger partial charge in [-0.1, -0.05) is 56.1 Å². The summed E-state index contributed by atoms with van der Waals surface area (Å²) in [5.74, 6) is -2.29. The van der Waals surface area contributed by atoms with Gasteiger partial charge in [0.1, 0.15) is 45.4 Å². The smallest absolute Gasteiger partial charge is 0.333 e. The van der Waals surface area contributed by atoms with Gasteiger partial charge in [-0.05, 0) is 92.1 Å². The molecular weight excluding hydrogens is 825 g/mol. The van der Waals surface area contributed by atoms with Gasteiger partial charge in [-0.2, -0.15) is 5.26 Å². The van der Waals surface area contributed by atoms with Gasteiger partial charge in [-0.15, -0.1) is 0 Å². The fraction of sp³-hybridized carbons (Fsp3) is 0.245. The van der Waals surface area contributed by atoms with Crippen LogP contribution < -0.4 is 9.64 Å². The number of anilines is 1. The molecule has 3 aromatic carbocycles. The van der Waals surface area contributed by atoms with Gasteiger partial charge >= 0.3 is 35.8 Å². The van der Waals surface area contributed by atoms with Gasteiger partial charge in [0.05, 0.1) is 18.7 Å². The highest BCUT2D eigenvalue weighted by molar-refractivity contribution is 5.89. The first-order valence-corrected chi connectivity index (χ1v) is 19.4. The number of carbonyl (C=O) groups is 6. The zero-order valence-corrected chi connectivity index (χ0v) is 37.0. The molecule has 0 unspecified atom stereocenters. The summed E-state index contributed by atoms with van der Waals surface area (Å²) in [6.45, 7) is 15.0. The molecule has 0 saturated carbocycles. The molecular formula is C49H54N2O13. The van der Waals surface area contributed by atoms with Gasteiger partial charge in [0.15, 0.2) is 0 Å². The molecule has 0 aromatic heterocycles. The van der Waals surface area contributed by atoms with Crippen LogP contribution in [0.2, 0.25) is 0 Å². The first-order chi connectivity index (χ1) is 30.4. The number of carbonyl (C=O) groups excluding carboxylic acids is 6. The molecule has 0 bridgehead atoms. The number of ether oxygens (including phenoxy) is 7. The SMILES string of the molecule is C=C(C)C(=O)OCCOC(=O)/C=C/c1ccc(C#N)cc1.C=C(C)C(=O)OCCOC(=O)/C=C/c1ccc(N(C)C)cc1.C=C(C)C(=O)OCCOC(=O)/C=C/c1ccc(OC)cc1. The maximum Gasteiger partial charge on any atom is 0.333 e. The second-order valence-corrected chi connectivity index (χ2v) is 13.2. The molecule has 15 nitrogen and oxygen atoms in total. The van der Waals surface area contributed by atoms with E-state index in [1.165, 1.54) is 25.2 Å². The Morgan fingerprint density at radius 2 is 0.812 bits per heavy atom. The molecule has 0 spiro atoms. The molecule has 0 radical (unpaired) electrons. The Morgan fingerprint density at radius 1 is 0.516 bits per heavy atom. The molecule has 0 N–H and O–H groups in total. The first kappa shape index (κ1) is 54.0. The number of nitrogens with zero attached hydrogens (tertiary/aromatic N) is 2. The van der Waals surface area contributed by atoms with Crippen LogP contribution in [0.15, 0.2) is 127 Å². The summed E-state index contributed by atoms with van der Waals surface area (Å²) < 4.78 is 34.1. The molecule has 3 aromatic rings. The van der Waals surface area contributed by atoms with E-state index < -0.39 is 35.8 Å². The molecule has 0 amide bonds. The summed E-state index contributed by atoms with van der Waals surface area (Å²) in [4.78, 5) is 69.5. The second kappa shape index (κ2) is 30.9. The van der Waals surface area contributed by atoms with E-state index in [0.29, 0.717) is 22.3 Å². The lowest BCUT2D eigenvalue weighted by Crippen LogP contribution is -2.12. The van der Waals surface area contributed by atoms with Gasteiger partial charge in [0.25, 0.3) is 0 Å². The van der Waals surface area contributed by atoms with E-state index in [-0.39, 0.29) is 39.6 Å². The van der Waals surface area contributed by atoms with Gasteiger partial charge in [-0.25, -0.2) is 28.8 Å². The number of hydrogen-bond donors (Lipinski definition) is 0. The Labute approximate surface area is 374 Å². The van der Waals surface area contributed by atoms with Gasteiger partial charge in [0, 0.05) is 54.7 Å². The van der Waals surface area contributed by atoms with E-state index in [9.17, 15) is 28.8 Å². The van der Waals surface area contributed by atoms with Crippen molar-refractivity contribution in [3.8, 4) is 11.8 Å². The van der Waals surface area contributed by atoms with Crippen molar-refractivity contribution >= 4 is 59.7 Å². The van der Waals surface area contributed by atoms with Crippen molar-refractivity contribution in [2.45, 2.75) is 20.8 Å². The lowest BCUT2D eigenvalue weighted by molar-refractivity contribution is -0.146. The minimum Gasteiger partial charge on any atom is -0.497 e. The normalized spacial score (nSPS) is 10.1. The first-order valence-electron chi connectivity index (χ1n) is 19.4. The maximum absolute atomic E-state index is 11.5. The van der Waals surface area contributed by atoms with Crippen LogP contribution in [0.4, 0.5) is 5.69 Å². The Hall–Kier alpha value is -7.99. The summed E-state index contributed by atoms with van der Waals surface area (Å²) in [5, 5.41) is 8.66. The van der Waals surface area contributed by atoms with E-state index in [0.717, 1.165) is 28.1 Å². The van der Waals surface area contributed by atoms with Gasteiger partial charge in [0.2, 0.25) is 0 Å². The Bertz CT molecular complexity index is 2180. The predicted molar refractivity (Wildman–Crippen MR) is 242 cm³/mol. The quantitative estimate of drug-likeness (QED) is 0.0485. The number of methoxy groups -OCH3 is 1. The molecule has 15 heteroatoms. The molecule has 0 atom stereocenters. The molecule has 0 aliphatic carbocycles. The molecule has 0 aliphatic rings. The molecule has 3 rings (SSSR count). The predicted octanol–water partition coefficient (Wildman–Crippen LogP) is 7.03. The van der Waals surface area contributed by atoms with Crippen LogP contribution in [0.3, 0.4) is 0 Å². The summed E-state index contributed by atoms with van der Waals surface area (Å²) >= 11 is 0. The standard InChI is InChI=1S/C17H21NO4.C16H15NO4.C16H18O5/c1-13(2)17(20)22-12-11-21-16(19)10-7-14-5-8-15(9-6-14)18(3)4;1-12(2)16(19)21-10-9-20-15(18)8-7-13-3-5-14(11-17)6-4-13;1-12(2)16(18)21-11-10-20-15(17)9-6-13-4-7-14(19-3)8-5-13/h5-10H,1,11-12H2,2-4H3;3-8H,1,9-10H2,2H3;4-9H,1,10-11H2,2-3H3/b10-7+;8-7+;9-6+. The Kier molecular flexibility index (Phi) is 26.1. The second-order valence-electron chi connectivity index (χ2n) is 13.2. The summed E-state index contributed by atoms with van der Waals surface area (Å²) in [6, 6.07) is 23.7. The van der Waals surface area contributed by atoms with Crippen LogP contribution in [0.1, 0.15) is 43.0 Å². The number of hydrogen-bond acceptors (Lipinski definition) is 15. The monoisotopic (exact) mass is 878 g/mol. The third-order valence-electron chi connectivity index (χ3n) is 7.53. The van der Waals surface area contributed by atoms with Gasteiger partial charge in [-0.3, -0.25) is 0 Å². The third kappa shape index (κ3) is 24.9. The zero-order valence-electron chi connectivity index (χ0n) is 37.0. The van der Waals surface area contributed by atoms with Crippen molar-refractivity contribution in [2.75, 3.05) is 65.7 Å². The fourth-order valence-electron chi connectivity index (χ4n) is 4.10. The summed E-state index contributed by atoms with van der Waals surface area (Å²) in [7, 11) is 5.51. The van der Waals surface area contributed by atoms with Crippen molar-refractivity contribution in [1.29, 1.82) is 5.26 Å². The van der Waals surface area contributed by atoms with Crippen LogP contribution in [0.5, 0.6) is 5.75 Å². The van der Waals surface area contributed by atoms with Gasteiger partial charge < -0.3 is 38.1 Å². The highest BCUT2D eigenvalue weighted by Gasteiger charge is 2.06. The molecule has 64 heavy (non-hydrogen) atoms. The van der Waals surface area contributed by atoms with Crippen molar-refractivity contribution in [3.63, 3.8) is 0 Å². The van der Waals surface area contributed by atoms with Crippen molar-refractivity contribution < 1.29 is 61.9 Å². The lowest BCUT2D eigenvalue weighted by Gasteiger charge is -2.11.